The van der Waals surface area contributed by atoms with Gasteiger partial charge in [0.1, 0.15) is 5.75 Å². The van der Waals surface area contributed by atoms with Crippen LogP contribution in [0.4, 0.5) is 0 Å². The zero-order chi connectivity index (χ0) is 28.9. The topological polar surface area (TPSA) is 102 Å². The van der Waals surface area contributed by atoms with Gasteiger partial charge in [-0.15, -0.1) is 11.8 Å². The van der Waals surface area contributed by atoms with Crippen LogP contribution in [0.25, 0.3) is 0 Å². The molecule has 8 heteroatoms. The van der Waals surface area contributed by atoms with Gasteiger partial charge in [0.15, 0.2) is 0 Å². The molecule has 2 aromatic rings. The minimum absolute atomic E-state index is 0.0124. The van der Waals surface area contributed by atoms with Crippen molar-refractivity contribution in [2.45, 2.75) is 88.4 Å². The van der Waals surface area contributed by atoms with Crippen molar-refractivity contribution >= 4 is 23.6 Å². The van der Waals surface area contributed by atoms with Gasteiger partial charge in [-0.05, 0) is 76.6 Å². The summed E-state index contributed by atoms with van der Waals surface area (Å²) in [5, 5.41) is 28.0. The van der Waals surface area contributed by atoms with Crippen molar-refractivity contribution in [2.24, 2.45) is 11.8 Å². The molecule has 1 saturated carbocycles. The Balaban J connectivity index is 1.54. The minimum Gasteiger partial charge on any atom is -0.508 e. The second-order valence-corrected chi connectivity index (χ2v) is 13.6. The van der Waals surface area contributed by atoms with E-state index >= 15 is 0 Å². The van der Waals surface area contributed by atoms with Crippen LogP contribution >= 0.6 is 11.8 Å². The summed E-state index contributed by atoms with van der Waals surface area (Å²) in [7, 11) is 0. The van der Waals surface area contributed by atoms with Crippen molar-refractivity contribution in [2.75, 3.05) is 18.8 Å². The number of nitrogens with one attached hydrogen (secondary N) is 2. The van der Waals surface area contributed by atoms with Crippen LogP contribution in [-0.2, 0) is 4.79 Å². The standard InChI is InChI=1S/C32H45N3O4S/c1-21-25(15-10-16-28(21)36)30(38)33-26(20-40-24-13-6-5-7-14-24)29(37)19-35-18-23-12-9-8-11-22(23)17-27(35)31(39)34-32(2,3)4/h5-7,10,13-16,22-23,26-27,29,36-37H,8-9,11-12,17-20H2,1-4H3,(H,33,38)(H,34,39)/t22-,23+,26-,27?,29+/m0/s1. The molecule has 0 spiro atoms. The fourth-order valence-electron chi connectivity index (χ4n) is 6.06. The molecular formula is C32H45N3O4S. The number of piperidine rings is 1. The van der Waals surface area contributed by atoms with Gasteiger partial charge in [-0.1, -0.05) is 43.5 Å². The van der Waals surface area contributed by atoms with E-state index in [4.69, 9.17) is 0 Å². The number of fused-ring (bicyclic) bond motifs is 1. The third kappa shape index (κ3) is 8.02. The number of hydrogen-bond donors (Lipinski definition) is 4. The van der Waals surface area contributed by atoms with E-state index in [0.717, 1.165) is 30.7 Å². The maximum atomic E-state index is 13.5. The van der Waals surface area contributed by atoms with Gasteiger partial charge in [0.05, 0.1) is 18.2 Å². The number of β-amino-alcohol motifs (C(OH)–C–C–N with tert-alkyl or cyclic N) is 1. The van der Waals surface area contributed by atoms with Crippen LogP contribution in [0.5, 0.6) is 5.75 Å². The number of likely N-dealkylation sites (tertiary alicyclic amines) is 1. The average molecular weight is 568 g/mol. The van der Waals surface area contributed by atoms with Crippen LogP contribution in [0, 0.1) is 18.8 Å². The van der Waals surface area contributed by atoms with Crippen LogP contribution < -0.4 is 10.6 Å². The Hall–Kier alpha value is -2.55. The van der Waals surface area contributed by atoms with Crippen LogP contribution in [0.2, 0.25) is 0 Å². The van der Waals surface area contributed by atoms with Crippen molar-refractivity contribution in [3.05, 3.63) is 59.7 Å². The van der Waals surface area contributed by atoms with Crippen molar-refractivity contribution in [1.29, 1.82) is 0 Å². The van der Waals surface area contributed by atoms with E-state index in [1.54, 1.807) is 36.9 Å². The van der Waals surface area contributed by atoms with Crippen molar-refractivity contribution in [3.8, 4) is 5.75 Å². The second-order valence-electron chi connectivity index (χ2n) is 12.5. The molecule has 1 aliphatic carbocycles. The first-order chi connectivity index (χ1) is 19.0. The molecule has 218 valence electrons. The number of aliphatic hydroxyl groups is 1. The molecule has 2 fully saturated rings. The molecule has 5 atom stereocenters. The molecule has 40 heavy (non-hydrogen) atoms. The summed E-state index contributed by atoms with van der Waals surface area (Å²) in [5.41, 5.74) is 0.543. The van der Waals surface area contributed by atoms with Gasteiger partial charge in [0.25, 0.3) is 5.91 Å². The normalized spacial score (nSPS) is 23.1. The van der Waals surface area contributed by atoms with E-state index in [-0.39, 0.29) is 29.1 Å². The summed E-state index contributed by atoms with van der Waals surface area (Å²) in [6.45, 7) is 8.76. The number of hydrogen-bond acceptors (Lipinski definition) is 6. The second kappa shape index (κ2) is 13.4. The van der Waals surface area contributed by atoms with Crippen LogP contribution in [0.15, 0.2) is 53.4 Å². The molecule has 0 radical (unpaired) electrons. The largest absolute Gasteiger partial charge is 0.508 e. The number of benzene rings is 2. The van der Waals surface area contributed by atoms with E-state index in [1.807, 2.05) is 51.1 Å². The van der Waals surface area contributed by atoms with Gasteiger partial charge >= 0.3 is 0 Å². The quantitative estimate of drug-likeness (QED) is 0.327. The Bertz CT molecular complexity index is 1150. The summed E-state index contributed by atoms with van der Waals surface area (Å²) in [6, 6.07) is 13.9. The van der Waals surface area contributed by atoms with E-state index in [2.05, 4.69) is 15.5 Å². The number of amides is 2. The van der Waals surface area contributed by atoms with Crippen molar-refractivity contribution in [1.82, 2.24) is 15.5 Å². The number of thioether (sulfide) groups is 1. The maximum absolute atomic E-state index is 13.5. The van der Waals surface area contributed by atoms with E-state index in [0.29, 0.717) is 35.3 Å². The molecule has 0 aromatic heterocycles. The molecule has 1 aliphatic heterocycles. The van der Waals surface area contributed by atoms with E-state index in [1.165, 1.54) is 12.8 Å². The van der Waals surface area contributed by atoms with Crippen LogP contribution in [-0.4, -0.2) is 69.5 Å². The van der Waals surface area contributed by atoms with Gasteiger partial charge in [0.2, 0.25) is 5.91 Å². The third-order valence-electron chi connectivity index (χ3n) is 8.23. The minimum atomic E-state index is -0.886. The molecule has 2 aliphatic rings. The number of nitrogens with zero attached hydrogens (tertiary/aromatic N) is 1. The molecule has 2 aromatic carbocycles. The summed E-state index contributed by atoms with van der Waals surface area (Å²) in [6.07, 6.45) is 4.67. The number of phenolic OH excluding ortho intramolecular Hbond substituents is 1. The molecule has 7 nitrogen and oxygen atoms in total. The highest BCUT2D eigenvalue weighted by Crippen LogP contribution is 2.39. The summed E-state index contributed by atoms with van der Waals surface area (Å²) in [4.78, 5) is 30.0. The zero-order valence-corrected chi connectivity index (χ0v) is 25.0. The lowest BCUT2D eigenvalue weighted by atomic mass is 9.72. The number of rotatable bonds is 9. The molecule has 1 heterocycles. The monoisotopic (exact) mass is 567 g/mol. The first kappa shape index (κ1) is 30.4. The summed E-state index contributed by atoms with van der Waals surface area (Å²) < 4.78 is 0. The summed E-state index contributed by atoms with van der Waals surface area (Å²) >= 11 is 1.57. The third-order valence-corrected chi connectivity index (χ3v) is 9.36. The Morgan fingerprint density at radius 1 is 1.05 bits per heavy atom. The molecule has 4 N–H and O–H groups in total. The first-order valence-corrected chi connectivity index (χ1v) is 15.5. The lowest BCUT2D eigenvalue weighted by Crippen LogP contribution is -2.60. The number of carbonyl (C=O) groups is 2. The Morgan fingerprint density at radius 3 is 2.45 bits per heavy atom. The SMILES string of the molecule is Cc1c(O)cccc1C(=O)N[C@@H](CSc1ccccc1)[C@H](O)CN1C[C@H]2CCCC[C@H]2CC1C(=O)NC(C)(C)C. The summed E-state index contributed by atoms with van der Waals surface area (Å²) in [5.74, 6) is 1.27. The lowest BCUT2D eigenvalue weighted by Gasteiger charge is -2.47. The number of phenols is 1. The Morgan fingerprint density at radius 2 is 1.75 bits per heavy atom. The van der Waals surface area contributed by atoms with E-state index < -0.39 is 12.1 Å². The Kier molecular flexibility index (Phi) is 10.2. The lowest BCUT2D eigenvalue weighted by molar-refractivity contribution is -0.132. The van der Waals surface area contributed by atoms with Gasteiger partial charge in [-0.2, -0.15) is 0 Å². The molecular weight excluding hydrogens is 522 g/mol. The molecule has 0 bridgehead atoms. The van der Waals surface area contributed by atoms with E-state index in [9.17, 15) is 19.8 Å². The van der Waals surface area contributed by atoms with Crippen molar-refractivity contribution < 1.29 is 19.8 Å². The molecule has 1 saturated heterocycles. The fraction of sp³-hybridized carbons (Fsp3) is 0.562. The predicted octanol–water partition coefficient (Wildman–Crippen LogP) is 4.75. The molecule has 4 rings (SSSR count). The average Bonchev–Trinajstić information content (AvgIpc) is 2.91. The predicted molar refractivity (Wildman–Crippen MR) is 161 cm³/mol. The van der Waals surface area contributed by atoms with Crippen LogP contribution in [0.1, 0.15) is 68.8 Å². The highest BCUT2D eigenvalue weighted by atomic mass is 32.2. The highest BCUT2D eigenvalue weighted by molar-refractivity contribution is 7.99. The van der Waals surface area contributed by atoms with Gasteiger partial charge in [-0.25, -0.2) is 0 Å². The molecule has 1 unspecified atom stereocenters. The van der Waals surface area contributed by atoms with Gasteiger partial charge < -0.3 is 20.8 Å². The molecule has 2 amide bonds. The highest BCUT2D eigenvalue weighted by Gasteiger charge is 2.41. The Labute approximate surface area is 243 Å². The number of carbonyl (C=O) groups excluding carboxylic acids is 2. The fourth-order valence-corrected chi connectivity index (χ4v) is 7.09. The zero-order valence-electron chi connectivity index (χ0n) is 24.2. The van der Waals surface area contributed by atoms with Gasteiger partial charge in [0, 0.05) is 40.4 Å². The van der Waals surface area contributed by atoms with Crippen molar-refractivity contribution in [3.63, 3.8) is 0 Å². The smallest absolute Gasteiger partial charge is 0.252 e. The maximum Gasteiger partial charge on any atom is 0.252 e. The number of aliphatic hydroxyl groups excluding tert-OH is 1. The van der Waals surface area contributed by atoms with Crippen LogP contribution in [0.3, 0.4) is 0 Å². The van der Waals surface area contributed by atoms with Gasteiger partial charge in [-0.3, -0.25) is 14.5 Å². The number of aromatic hydroxyl groups is 1. The first-order valence-electron chi connectivity index (χ1n) is 14.5.